The van der Waals surface area contributed by atoms with E-state index < -0.39 is 28.9 Å². The Labute approximate surface area is 235 Å². The summed E-state index contributed by atoms with van der Waals surface area (Å²) in [5, 5.41) is 6.26. The molecule has 0 heterocycles. The van der Waals surface area contributed by atoms with Gasteiger partial charge in [-0.25, -0.2) is 4.79 Å². The van der Waals surface area contributed by atoms with Crippen molar-refractivity contribution in [3.8, 4) is 0 Å². The van der Waals surface area contributed by atoms with Crippen LogP contribution in [0.15, 0.2) is 42.0 Å². The van der Waals surface area contributed by atoms with Gasteiger partial charge in [0.05, 0.1) is 25.3 Å². The zero-order chi connectivity index (χ0) is 30.0. The first-order valence-electron chi connectivity index (χ1n) is 13.8. The zero-order valence-electron chi connectivity index (χ0n) is 25.9. The van der Waals surface area contributed by atoms with E-state index in [4.69, 9.17) is 9.47 Å². The standard InChI is InChI=1S/C31H51N3O5/c1-12-39-25(35)20-38-19-22(4)18-24(21(2)3)34(11)29(37)27(30(5,6)7)33-28(36)26(32-10)31(8,9)23-16-14-13-15-17-23/h13-18,21,24,26-27,32H,12,19-20H2,1-11H3,(H,33,36)/b22-18+/t24-,26-,27-/m1/s1. The van der Waals surface area contributed by atoms with Gasteiger partial charge in [-0.15, -0.1) is 0 Å². The summed E-state index contributed by atoms with van der Waals surface area (Å²) in [4.78, 5) is 40.9. The van der Waals surface area contributed by atoms with Gasteiger partial charge in [-0.05, 0) is 43.4 Å². The third-order valence-electron chi connectivity index (χ3n) is 6.98. The SMILES string of the molecule is CCOC(=O)COC/C(C)=C/[C@H](C(C)C)N(C)C(=O)[C@@H](NC(=O)[C@@H](NC)C(C)(C)c1ccccc1)C(C)(C)C. The van der Waals surface area contributed by atoms with Gasteiger partial charge >= 0.3 is 5.97 Å². The van der Waals surface area contributed by atoms with Crippen LogP contribution in [-0.4, -0.2) is 74.7 Å². The Morgan fingerprint density at radius 2 is 1.59 bits per heavy atom. The molecule has 3 atom stereocenters. The molecule has 1 aromatic carbocycles. The highest BCUT2D eigenvalue weighted by molar-refractivity contribution is 5.91. The van der Waals surface area contributed by atoms with Gasteiger partial charge < -0.3 is 25.0 Å². The topological polar surface area (TPSA) is 97.0 Å². The van der Waals surface area contributed by atoms with Gasteiger partial charge in [0.2, 0.25) is 11.8 Å². The predicted octanol–water partition coefficient (Wildman–Crippen LogP) is 4.09. The van der Waals surface area contributed by atoms with E-state index in [2.05, 4.69) is 10.6 Å². The molecule has 0 spiro atoms. The monoisotopic (exact) mass is 545 g/mol. The number of nitrogens with one attached hydrogen (secondary N) is 2. The third kappa shape index (κ3) is 10.1. The second kappa shape index (κ2) is 15.2. The van der Waals surface area contributed by atoms with Crippen molar-refractivity contribution < 1.29 is 23.9 Å². The van der Waals surface area contributed by atoms with Crippen LogP contribution in [0.3, 0.4) is 0 Å². The van der Waals surface area contributed by atoms with Gasteiger partial charge in [0, 0.05) is 12.5 Å². The number of esters is 1. The maximum atomic E-state index is 13.9. The lowest BCUT2D eigenvalue weighted by Gasteiger charge is -2.40. The number of benzene rings is 1. The van der Waals surface area contributed by atoms with Crippen molar-refractivity contribution in [1.29, 1.82) is 0 Å². The number of hydrogen-bond acceptors (Lipinski definition) is 6. The zero-order valence-corrected chi connectivity index (χ0v) is 25.9. The molecule has 0 aliphatic carbocycles. The van der Waals surface area contributed by atoms with Crippen LogP contribution in [0.5, 0.6) is 0 Å². The van der Waals surface area contributed by atoms with Gasteiger partial charge in [0.15, 0.2) is 0 Å². The fourth-order valence-electron chi connectivity index (χ4n) is 4.67. The number of likely N-dealkylation sites (N-methyl/N-ethyl adjacent to an activating group) is 2. The van der Waals surface area contributed by atoms with Crippen LogP contribution in [0.25, 0.3) is 0 Å². The molecule has 2 amide bonds. The molecule has 0 unspecified atom stereocenters. The normalized spacial score (nSPS) is 14.9. The molecule has 0 fully saturated rings. The molecule has 8 nitrogen and oxygen atoms in total. The van der Waals surface area contributed by atoms with Crippen LogP contribution in [0.4, 0.5) is 0 Å². The van der Waals surface area contributed by atoms with E-state index in [1.54, 1.807) is 25.9 Å². The van der Waals surface area contributed by atoms with Crippen molar-refractivity contribution in [2.75, 3.05) is 33.9 Å². The number of amides is 2. The predicted molar refractivity (Wildman–Crippen MR) is 156 cm³/mol. The molecule has 0 bridgehead atoms. The molecule has 0 aromatic heterocycles. The average Bonchev–Trinajstić information content (AvgIpc) is 2.85. The molecule has 39 heavy (non-hydrogen) atoms. The summed E-state index contributed by atoms with van der Waals surface area (Å²) >= 11 is 0. The van der Waals surface area contributed by atoms with E-state index in [0.29, 0.717) is 6.61 Å². The summed E-state index contributed by atoms with van der Waals surface area (Å²) in [6.07, 6.45) is 1.99. The molecular weight excluding hydrogens is 494 g/mol. The summed E-state index contributed by atoms with van der Waals surface area (Å²) in [6.45, 7) is 18.1. The van der Waals surface area contributed by atoms with E-state index in [-0.39, 0.29) is 37.0 Å². The first-order chi connectivity index (χ1) is 18.1. The molecule has 1 aromatic rings. The molecular formula is C31H51N3O5. The Kier molecular flexibility index (Phi) is 13.4. The first-order valence-corrected chi connectivity index (χ1v) is 13.8. The number of rotatable bonds is 14. The summed E-state index contributed by atoms with van der Waals surface area (Å²) < 4.78 is 10.4. The fraction of sp³-hybridized carbons (Fsp3) is 0.645. The van der Waals surface area contributed by atoms with Gasteiger partial charge in [-0.3, -0.25) is 9.59 Å². The Hall–Kier alpha value is -2.71. The van der Waals surface area contributed by atoms with E-state index in [1.807, 2.05) is 91.8 Å². The summed E-state index contributed by atoms with van der Waals surface area (Å²) in [7, 11) is 3.53. The van der Waals surface area contributed by atoms with Crippen LogP contribution < -0.4 is 10.6 Å². The molecule has 8 heteroatoms. The first kappa shape index (κ1) is 34.3. The van der Waals surface area contributed by atoms with E-state index in [0.717, 1.165) is 11.1 Å². The lowest BCUT2D eigenvalue weighted by atomic mass is 9.76. The number of hydrogen-bond donors (Lipinski definition) is 2. The van der Waals surface area contributed by atoms with Gasteiger partial charge in [-0.1, -0.05) is 84.9 Å². The summed E-state index contributed by atoms with van der Waals surface area (Å²) in [5.41, 5.74) is 0.885. The summed E-state index contributed by atoms with van der Waals surface area (Å²) in [6, 6.07) is 8.36. The average molecular weight is 546 g/mol. The Morgan fingerprint density at radius 3 is 2.08 bits per heavy atom. The van der Waals surface area contributed by atoms with Crippen molar-refractivity contribution >= 4 is 17.8 Å². The van der Waals surface area contributed by atoms with Crippen LogP contribution in [0, 0.1) is 11.3 Å². The molecule has 0 saturated carbocycles. The van der Waals surface area contributed by atoms with Gasteiger partial charge in [-0.2, -0.15) is 0 Å². The molecule has 0 aliphatic rings. The van der Waals surface area contributed by atoms with Crippen LogP contribution in [0.2, 0.25) is 0 Å². The van der Waals surface area contributed by atoms with Gasteiger partial charge in [0.1, 0.15) is 12.6 Å². The quantitative estimate of drug-likeness (QED) is 0.270. The number of ether oxygens (including phenoxy) is 2. The second-order valence-corrected chi connectivity index (χ2v) is 12.1. The highest BCUT2D eigenvalue weighted by Crippen LogP contribution is 2.29. The largest absolute Gasteiger partial charge is 0.464 e. The lowest BCUT2D eigenvalue weighted by Crippen LogP contribution is -2.61. The van der Waals surface area contributed by atoms with E-state index >= 15 is 0 Å². The molecule has 1 rings (SSSR count). The Bertz CT molecular complexity index is 966. The third-order valence-corrected chi connectivity index (χ3v) is 6.98. The lowest BCUT2D eigenvalue weighted by molar-refractivity contribution is -0.148. The van der Waals surface area contributed by atoms with Crippen molar-refractivity contribution in [2.24, 2.45) is 11.3 Å². The smallest absolute Gasteiger partial charge is 0.332 e. The van der Waals surface area contributed by atoms with E-state index in [9.17, 15) is 14.4 Å². The van der Waals surface area contributed by atoms with Crippen molar-refractivity contribution in [3.63, 3.8) is 0 Å². The van der Waals surface area contributed by atoms with Crippen molar-refractivity contribution in [1.82, 2.24) is 15.5 Å². The minimum Gasteiger partial charge on any atom is -0.464 e. The minimum absolute atomic E-state index is 0.109. The van der Waals surface area contributed by atoms with Crippen molar-refractivity contribution in [3.05, 3.63) is 47.5 Å². The van der Waals surface area contributed by atoms with Gasteiger partial charge in [0.25, 0.3) is 0 Å². The number of carbonyl (C=O) groups is 3. The molecule has 2 N–H and O–H groups in total. The summed E-state index contributed by atoms with van der Waals surface area (Å²) in [5.74, 6) is -0.693. The second-order valence-electron chi connectivity index (χ2n) is 12.1. The molecule has 220 valence electrons. The molecule has 0 radical (unpaired) electrons. The number of nitrogens with zero attached hydrogens (tertiary/aromatic N) is 1. The van der Waals surface area contributed by atoms with Crippen molar-refractivity contribution in [2.45, 2.75) is 85.9 Å². The molecule has 0 aliphatic heterocycles. The fourth-order valence-corrected chi connectivity index (χ4v) is 4.67. The Balaban J connectivity index is 3.14. The maximum Gasteiger partial charge on any atom is 0.332 e. The maximum absolute atomic E-state index is 13.9. The minimum atomic E-state index is -0.743. The van der Waals surface area contributed by atoms with Crippen LogP contribution >= 0.6 is 0 Å². The van der Waals surface area contributed by atoms with Crippen LogP contribution in [0.1, 0.15) is 67.9 Å². The van der Waals surface area contributed by atoms with Crippen LogP contribution in [-0.2, 0) is 29.3 Å². The van der Waals surface area contributed by atoms with E-state index in [1.165, 1.54) is 0 Å². The highest BCUT2D eigenvalue weighted by atomic mass is 16.6. The highest BCUT2D eigenvalue weighted by Gasteiger charge is 2.41. The molecule has 0 saturated heterocycles. The number of carbonyl (C=O) groups excluding carboxylic acids is 3. The Morgan fingerprint density at radius 1 is 1.00 bits per heavy atom.